The summed E-state index contributed by atoms with van der Waals surface area (Å²) in [5.74, 6) is -0.363. The number of carbonyl (C=O) groups excluding carboxylic acids is 2. The number of carbonyl (C=O) groups is 2. The van der Waals surface area contributed by atoms with Crippen LogP contribution in [-0.2, 0) is 25.3 Å². The number of aliphatic hydroxyl groups excluding tert-OH is 1. The molecule has 2 unspecified atom stereocenters. The predicted octanol–water partition coefficient (Wildman–Crippen LogP) is 5.34. The number of nitrogens with one attached hydrogen (secondary N) is 2. The Balaban J connectivity index is 1.27. The van der Waals surface area contributed by atoms with Gasteiger partial charge >= 0.3 is 13.6 Å². The number of para-hydroxylation sites is 2. The van der Waals surface area contributed by atoms with Crippen molar-refractivity contribution >= 4 is 19.5 Å². The minimum Gasteiger partial charge on any atom is -0.462 e. The summed E-state index contributed by atoms with van der Waals surface area (Å²) in [4.78, 5) is 25.9. The minimum atomic E-state index is -3.90. The molecule has 0 aliphatic heterocycles. The lowest BCUT2D eigenvalue weighted by atomic mass is 10.0. The number of amides is 1. The van der Waals surface area contributed by atoms with Crippen molar-refractivity contribution in [1.29, 1.82) is 0 Å². The fourth-order valence-corrected chi connectivity index (χ4v) is 6.78. The first-order valence-corrected chi connectivity index (χ1v) is 17.5. The highest BCUT2D eigenvalue weighted by molar-refractivity contribution is 7.54. The van der Waals surface area contributed by atoms with Gasteiger partial charge in [0, 0.05) is 12.0 Å². The zero-order valence-electron chi connectivity index (χ0n) is 27.0. The molecule has 1 amide bonds. The standard InChI is InChI=1S/C37H41N2O8P/c1-36(2)35(42)37(36,43)25-45-33(40)22-23-38-34(41)32(24-27-18-20-29(21-19-27)28-12-6-3-7-13-28)39-26-48(44,46-30-14-8-4-9-15-30)47-31-16-10-5-11-17-31/h3-21,32,35,39,42-43H,22-26H2,1-2H3,(H,38,41)/t32-,35?,37?/m0/s1. The van der Waals surface area contributed by atoms with Crippen molar-refractivity contribution < 1.29 is 38.2 Å². The summed E-state index contributed by atoms with van der Waals surface area (Å²) in [6, 6.07) is 34.2. The van der Waals surface area contributed by atoms with Gasteiger partial charge in [0.2, 0.25) is 5.91 Å². The van der Waals surface area contributed by atoms with Gasteiger partial charge < -0.3 is 29.3 Å². The molecule has 1 aliphatic carbocycles. The van der Waals surface area contributed by atoms with E-state index in [1.807, 2.05) is 66.7 Å². The summed E-state index contributed by atoms with van der Waals surface area (Å²) in [6.07, 6.45) is -1.19. The smallest absolute Gasteiger partial charge is 0.444 e. The first-order valence-electron chi connectivity index (χ1n) is 15.8. The summed E-state index contributed by atoms with van der Waals surface area (Å²) in [6.45, 7) is 2.99. The Morgan fingerprint density at radius 2 is 1.31 bits per heavy atom. The molecule has 4 N–H and O–H groups in total. The van der Waals surface area contributed by atoms with Gasteiger partial charge in [-0.25, -0.2) is 4.57 Å². The van der Waals surface area contributed by atoms with E-state index < -0.39 is 42.6 Å². The molecule has 10 nitrogen and oxygen atoms in total. The number of rotatable bonds is 16. The minimum absolute atomic E-state index is 0.0359. The van der Waals surface area contributed by atoms with Gasteiger partial charge in [0.1, 0.15) is 30.0 Å². The maximum Gasteiger partial charge on any atom is 0.444 e. The average Bonchev–Trinajstić information content (AvgIpc) is 3.49. The van der Waals surface area contributed by atoms with Crippen molar-refractivity contribution in [1.82, 2.24) is 10.6 Å². The Bertz CT molecular complexity index is 1660. The summed E-state index contributed by atoms with van der Waals surface area (Å²) >= 11 is 0. The fourth-order valence-electron chi connectivity index (χ4n) is 5.29. The van der Waals surface area contributed by atoms with Crippen molar-refractivity contribution in [3.05, 3.63) is 121 Å². The second-order valence-electron chi connectivity index (χ2n) is 12.4. The van der Waals surface area contributed by atoms with Gasteiger partial charge in [-0.1, -0.05) is 105 Å². The van der Waals surface area contributed by atoms with Crippen LogP contribution in [0.15, 0.2) is 115 Å². The van der Waals surface area contributed by atoms with Crippen LogP contribution in [0.5, 0.6) is 11.5 Å². The van der Waals surface area contributed by atoms with Crippen LogP contribution < -0.4 is 19.7 Å². The molecule has 0 radical (unpaired) electrons. The molecule has 11 heteroatoms. The van der Waals surface area contributed by atoms with Gasteiger partial charge in [-0.3, -0.25) is 14.9 Å². The molecule has 48 heavy (non-hydrogen) atoms. The van der Waals surface area contributed by atoms with Crippen LogP contribution in [0.4, 0.5) is 0 Å². The Labute approximate surface area is 280 Å². The first kappa shape index (κ1) is 34.9. The van der Waals surface area contributed by atoms with E-state index in [-0.39, 0.29) is 32.3 Å². The molecule has 4 aromatic carbocycles. The van der Waals surface area contributed by atoms with Gasteiger partial charge in [0.25, 0.3) is 0 Å². The van der Waals surface area contributed by atoms with E-state index in [0.717, 1.165) is 16.7 Å². The molecule has 3 atom stereocenters. The third-order valence-corrected chi connectivity index (χ3v) is 10.1. The van der Waals surface area contributed by atoms with Crippen LogP contribution in [0.2, 0.25) is 0 Å². The predicted molar refractivity (Wildman–Crippen MR) is 182 cm³/mol. The van der Waals surface area contributed by atoms with E-state index >= 15 is 0 Å². The molecule has 0 aromatic heterocycles. The molecule has 1 saturated carbocycles. The van der Waals surface area contributed by atoms with Crippen molar-refractivity contribution in [2.75, 3.05) is 19.4 Å². The van der Waals surface area contributed by atoms with Crippen molar-refractivity contribution in [3.8, 4) is 22.6 Å². The van der Waals surface area contributed by atoms with Crippen LogP contribution >= 0.6 is 7.60 Å². The molecule has 1 aliphatic rings. The summed E-state index contributed by atoms with van der Waals surface area (Å²) in [7, 11) is -3.90. The largest absolute Gasteiger partial charge is 0.462 e. The van der Waals surface area contributed by atoms with E-state index in [2.05, 4.69) is 10.6 Å². The Kier molecular flexibility index (Phi) is 11.0. The Hall–Kier alpha value is -4.47. The molecule has 4 aromatic rings. The van der Waals surface area contributed by atoms with Crippen molar-refractivity contribution in [3.63, 3.8) is 0 Å². The second-order valence-corrected chi connectivity index (χ2v) is 14.3. The average molecular weight is 673 g/mol. The van der Waals surface area contributed by atoms with Crippen LogP contribution in [0.25, 0.3) is 11.1 Å². The lowest BCUT2D eigenvalue weighted by Gasteiger charge is -2.24. The highest BCUT2D eigenvalue weighted by atomic mass is 31.2. The van der Waals surface area contributed by atoms with Crippen molar-refractivity contribution in [2.45, 2.75) is 44.4 Å². The molecular weight excluding hydrogens is 631 g/mol. The monoisotopic (exact) mass is 672 g/mol. The SMILES string of the molecule is CC1(C)C(O)C1(O)COC(=O)CCNC(=O)[C@H](Cc1ccc(-c2ccccc2)cc1)NCP(=O)(Oc1ccccc1)Oc1ccccc1. The van der Waals surface area contributed by atoms with E-state index in [0.29, 0.717) is 11.5 Å². The normalized spacial score (nSPS) is 18.7. The van der Waals surface area contributed by atoms with E-state index in [1.165, 1.54) is 0 Å². The van der Waals surface area contributed by atoms with Gasteiger partial charge in [0.15, 0.2) is 0 Å². The number of hydrogen-bond acceptors (Lipinski definition) is 9. The molecule has 1 fully saturated rings. The molecule has 0 spiro atoms. The molecular formula is C37H41N2O8P. The maximum absolute atomic E-state index is 14.1. The Morgan fingerprint density at radius 3 is 1.83 bits per heavy atom. The summed E-state index contributed by atoms with van der Waals surface area (Å²) in [5.41, 5.74) is 0.675. The van der Waals surface area contributed by atoms with E-state index in [9.17, 15) is 24.4 Å². The van der Waals surface area contributed by atoms with E-state index in [4.69, 9.17) is 13.8 Å². The number of benzene rings is 4. The quantitative estimate of drug-likeness (QED) is 0.0916. The van der Waals surface area contributed by atoms with Crippen LogP contribution in [0.1, 0.15) is 25.8 Å². The van der Waals surface area contributed by atoms with Gasteiger partial charge in [-0.05, 0) is 47.4 Å². The van der Waals surface area contributed by atoms with Crippen LogP contribution in [0, 0.1) is 5.41 Å². The number of esters is 1. The summed E-state index contributed by atoms with van der Waals surface area (Å²) in [5, 5.41) is 26.3. The lowest BCUT2D eigenvalue weighted by molar-refractivity contribution is -0.148. The maximum atomic E-state index is 14.1. The molecule has 0 heterocycles. The van der Waals surface area contributed by atoms with Crippen LogP contribution in [0.3, 0.4) is 0 Å². The first-order chi connectivity index (χ1) is 23.0. The highest BCUT2D eigenvalue weighted by Gasteiger charge is 2.71. The van der Waals surface area contributed by atoms with Gasteiger partial charge in [-0.15, -0.1) is 0 Å². The van der Waals surface area contributed by atoms with Gasteiger partial charge in [0.05, 0.1) is 18.6 Å². The molecule has 252 valence electrons. The molecule has 5 rings (SSSR count). The highest BCUT2D eigenvalue weighted by Crippen LogP contribution is 2.55. The second kappa shape index (κ2) is 15.2. The zero-order valence-corrected chi connectivity index (χ0v) is 27.8. The number of hydrogen-bond donors (Lipinski definition) is 4. The zero-order chi connectivity index (χ0) is 34.2. The lowest BCUT2D eigenvalue weighted by Crippen LogP contribution is -2.46. The molecule has 0 bridgehead atoms. The number of aliphatic hydroxyl groups is 2. The number of ether oxygens (including phenoxy) is 1. The topological polar surface area (TPSA) is 143 Å². The Morgan fingerprint density at radius 1 is 0.812 bits per heavy atom. The van der Waals surface area contributed by atoms with E-state index in [1.54, 1.807) is 62.4 Å². The van der Waals surface area contributed by atoms with Crippen molar-refractivity contribution in [2.24, 2.45) is 5.41 Å². The van der Waals surface area contributed by atoms with Crippen LogP contribution in [-0.4, -0.2) is 59.3 Å². The van der Waals surface area contributed by atoms with Gasteiger partial charge in [-0.2, -0.15) is 0 Å². The fraction of sp³-hybridized carbons (Fsp3) is 0.297. The third kappa shape index (κ3) is 8.70. The molecule has 0 saturated heterocycles. The summed E-state index contributed by atoms with van der Waals surface area (Å²) < 4.78 is 31.1. The third-order valence-electron chi connectivity index (χ3n) is 8.57.